The van der Waals surface area contributed by atoms with Gasteiger partial charge in [0.25, 0.3) is 0 Å². The van der Waals surface area contributed by atoms with Crippen LogP contribution in [0.25, 0.3) is 0 Å². The van der Waals surface area contributed by atoms with E-state index in [0.717, 1.165) is 13.0 Å². The second kappa shape index (κ2) is 6.08. The number of aliphatic hydroxyl groups is 1. The number of carbonyl (C=O) groups is 1. The quantitative estimate of drug-likeness (QED) is 0.667. The number of aliphatic hydroxyl groups excluding tert-OH is 1. The number of rotatable bonds is 7. The van der Waals surface area contributed by atoms with Crippen molar-refractivity contribution in [1.29, 1.82) is 0 Å². The molecule has 1 saturated carbocycles. The molecule has 0 aromatic rings. The Balaban J connectivity index is 2.42. The van der Waals surface area contributed by atoms with Crippen molar-refractivity contribution in [2.75, 3.05) is 13.2 Å². The maximum absolute atomic E-state index is 10.6. The van der Waals surface area contributed by atoms with Gasteiger partial charge in [-0.05, 0) is 26.2 Å². The molecule has 1 fully saturated rings. The number of carboxylic acid groups (broad SMARTS) is 1. The zero-order valence-electron chi connectivity index (χ0n) is 9.35. The lowest BCUT2D eigenvalue weighted by Gasteiger charge is -2.41. The molecule has 0 amide bonds. The third-order valence-electron chi connectivity index (χ3n) is 3.15. The number of hydrogen-bond acceptors (Lipinski definition) is 3. The van der Waals surface area contributed by atoms with E-state index in [9.17, 15) is 4.79 Å². The molecule has 0 saturated heterocycles. The van der Waals surface area contributed by atoms with Crippen LogP contribution in [-0.2, 0) is 4.79 Å². The molecule has 0 aromatic heterocycles. The lowest BCUT2D eigenvalue weighted by molar-refractivity contribution is -0.138. The Morgan fingerprint density at radius 2 is 2.20 bits per heavy atom. The van der Waals surface area contributed by atoms with Gasteiger partial charge in [0.15, 0.2) is 0 Å². The van der Waals surface area contributed by atoms with Gasteiger partial charge in [0, 0.05) is 25.2 Å². The standard InChI is InChI=1S/C11H21NO3/c1-9(8-11(14)15)12(6-3-7-13)10-4-2-5-10/h9-10,13H,2-8H2,1H3,(H,14,15). The smallest absolute Gasteiger partial charge is 0.304 e. The fourth-order valence-corrected chi connectivity index (χ4v) is 2.10. The average Bonchev–Trinajstić information content (AvgIpc) is 2.07. The molecule has 4 heteroatoms. The first kappa shape index (κ1) is 12.5. The zero-order chi connectivity index (χ0) is 11.3. The third-order valence-corrected chi connectivity index (χ3v) is 3.15. The van der Waals surface area contributed by atoms with Gasteiger partial charge >= 0.3 is 5.97 Å². The molecule has 0 radical (unpaired) electrons. The van der Waals surface area contributed by atoms with Crippen molar-refractivity contribution in [2.24, 2.45) is 0 Å². The van der Waals surface area contributed by atoms with Crippen molar-refractivity contribution in [3.8, 4) is 0 Å². The minimum atomic E-state index is -0.740. The highest BCUT2D eigenvalue weighted by Crippen LogP contribution is 2.27. The molecule has 1 atom stereocenters. The topological polar surface area (TPSA) is 60.8 Å². The summed E-state index contributed by atoms with van der Waals surface area (Å²) < 4.78 is 0. The fourth-order valence-electron chi connectivity index (χ4n) is 2.10. The van der Waals surface area contributed by atoms with Crippen LogP contribution in [0.15, 0.2) is 0 Å². The van der Waals surface area contributed by atoms with Crippen LogP contribution in [0.4, 0.5) is 0 Å². The first-order valence-electron chi connectivity index (χ1n) is 5.73. The largest absolute Gasteiger partial charge is 0.481 e. The normalized spacial score (nSPS) is 18.9. The number of aliphatic carboxylic acids is 1. The second-order valence-corrected chi connectivity index (χ2v) is 4.35. The van der Waals surface area contributed by atoms with Crippen LogP contribution in [0.3, 0.4) is 0 Å². The molecule has 0 heterocycles. The van der Waals surface area contributed by atoms with Crippen LogP contribution in [0.1, 0.15) is 39.0 Å². The Hall–Kier alpha value is -0.610. The van der Waals surface area contributed by atoms with E-state index in [1.807, 2.05) is 6.92 Å². The summed E-state index contributed by atoms with van der Waals surface area (Å²) in [6.07, 6.45) is 4.53. The molecular weight excluding hydrogens is 194 g/mol. The molecule has 88 valence electrons. The van der Waals surface area contributed by atoms with Gasteiger partial charge in [-0.3, -0.25) is 9.69 Å². The molecule has 4 nitrogen and oxygen atoms in total. The molecule has 0 bridgehead atoms. The van der Waals surface area contributed by atoms with E-state index < -0.39 is 5.97 Å². The summed E-state index contributed by atoms with van der Waals surface area (Å²) in [5, 5.41) is 17.6. The molecule has 1 aliphatic rings. The van der Waals surface area contributed by atoms with Crippen LogP contribution < -0.4 is 0 Å². The summed E-state index contributed by atoms with van der Waals surface area (Å²) in [6.45, 7) is 2.96. The number of nitrogens with zero attached hydrogens (tertiary/aromatic N) is 1. The highest BCUT2D eigenvalue weighted by Gasteiger charge is 2.28. The maximum Gasteiger partial charge on any atom is 0.304 e. The van der Waals surface area contributed by atoms with Gasteiger partial charge < -0.3 is 10.2 Å². The maximum atomic E-state index is 10.6. The number of hydrogen-bond donors (Lipinski definition) is 2. The van der Waals surface area contributed by atoms with Crippen molar-refractivity contribution in [3.63, 3.8) is 0 Å². The first-order chi connectivity index (χ1) is 7.15. The van der Waals surface area contributed by atoms with Crippen LogP contribution >= 0.6 is 0 Å². The van der Waals surface area contributed by atoms with Crippen LogP contribution in [0.5, 0.6) is 0 Å². The van der Waals surface area contributed by atoms with Crippen LogP contribution in [0, 0.1) is 0 Å². The highest BCUT2D eigenvalue weighted by molar-refractivity contribution is 5.67. The predicted molar refractivity (Wildman–Crippen MR) is 57.8 cm³/mol. The van der Waals surface area contributed by atoms with Gasteiger partial charge in [-0.25, -0.2) is 0 Å². The molecule has 0 aromatic carbocycles. The Kier molecular flexibility index (Phi) is 5.05. The summed E-state index contributed by atoms with van der Waals surface area (Å²) in [6, 6.07) is 0.630. The SMILES string of the molecule is CC(CC(=O)O)N(CCCO)C1CCC1. The van der Waals surface area contributed by atoms with E-state index in [2.05, 4.69) is 4.90 Å². The zero-order valence-corrected chi connectivity index (χ0v) is 9.35. The molecule has 1 unspecified atom stereocenters. The summed E-state index contributed by atoms with van der Waals surface area (Å²) in [5.74, 6) is -0.740. The van der Waals surface area contributed by atoms with Crippen molar-refractivity contribution in [3.05, 3.63) is 0 Å². The van der Waals surface area contributed by atoms with Crippen molar-refractivity contribution in [2.45, 2.75) is 51.1 Å². The van der Waals surface area contributed by atoms with Gasteiger partial charge in [0.2, 0.25) is 0 Å². The second-order valence-electron chi connectivity index (χ2n) is 4.35. The summed E-state index contributed by atoms with van der Waals surface area (Å²) in [4.78, 5) is 12.9. The van der Waals surface area contributed by atoms with Crippen molar-refractivity contribution in [1.82, 2.24) is 4.90 Å². The van der Waals surface area contributed by atoms with Gasteiger partial charge in [-0.1, -0.05) is 6.42 Å². The van der Waals surface area contributed by atoms with E-state index in [4.69, 9.17) is 10.2 Å². The first-order valence-corrected chi connectivity index (χ1v) is 5.73. The molecule has 2 N–H and O–H groups in total. The van der Waals surface area contributed by atoms with E-state index in [-0.39, 0.29) is 19.1 Å². The van der Waals surface area contributed by atoms with Crippen LogP contribution in [-0.4, -0.2) is 46.3 Å². The Labute approximate surface area is 90.9 Å². The minimum Gasteiger partial charge on any atom is -0.481 e. The van der Waals surface area contributed by atoms with E-state index in [1.165, 1.54) is 19.3 Å². The lowest BCUT2D eigenvalue weighted by Crippen LogP contribution is -2.46. The summed E-state index contributed by atoms with van der Waals surface area (Å²) in [5.41, 5.74) is 0. The van der Waals surface area contributed by atoms with Crippen LogP contribution in [0.2, 0.25) is 0 Å². The van der Waals surface area contributed by atoms with Gasteiger partial charge in [0.1, 0.15) is 0 Å². The van der Waals surface area contributed by atoms with Gasteiger partial charge in [-0.15, -0.1) is 0 Å². The lowest BCUT2D eigenvalue weighted by atomic mass is 9.90. The van der Waals surface area contributed by atoms with Crippen molar-refractivity contribution < 1.29 is 15.0 Å². The predicted octanol–water partition coefficient (Wildman–Crippen LogP) is 1.09. The molecule has 1 rings (SSSR count). The number of carboxylic acids is 1. The average molecular weight is 215 g/mol. The van der Waals surface area contributed by atoms with E-state index in [0.29, 0.717) is 6.04 Å². The van der Waals surface area contributed by atoms with Crippen molar-refractivity contribution >= 4 is 5.97 Å². The van der Waals surface area contributed by atoms with E-state index in [1.54, 1.807) is 0 Å². The fraction of sp³-hybridized carbons (Fsp3) is 0.909. The highest BCUT2D eigenvalue weighted by atomic mass is 16.4. The molecule has 1 aliphatic carbocycles. The van der Waals surface area contributed by atoms with E-state index >= 15 is 0 Å². The Morgan fingerprint density at radius 3 is 2.60 bits per heavy atom. The van der Waals surface area contributed by atoms with Gasteiger partial charge in [-0.2, -0.15) is 0 Å². The minimum absolute atomic E-state index is 0.0827. The Morgan fingerprint density at radius 1 is 1.53 bits per heavy atom. The molecule has 0 spiro atoms. The monoisotopic (exact) mass is 215 g/mol. The van der Waals surface area contributed by atoms with Gasteiger partial charge in [0.05, 0.1) is 6.42 Å². The molecular formula is C11H21NO3. The summed E-state index contributed by atoms with van der Waals surface area (Å²) >= 11 is 0. The summed E-state index contributed by atoms with van der Waals surface area (Å²) in [7, 11) is 0. The molecule has 15 heavy (non-hydrogen) atoms. The molecule has 0 aliphatic heterocycles. The Bertz CT molecular complexity index is 204. The third kappa shape index (κ3) is 3.80.